The molecule has 0 aliphatic carbocycles. The van der Waals surface area contributed by atoms with Crippen molar-refractivity contribution in [3.05, 3.63) is 5.82 Å². The van der Waals surface area contributed by atoms with Crippen molar-refractivity contribution < 1.29 is 0 Å². The van der Waals surface area contributed by atoms with Crippen LogP contribution in [0.2, 0.25) is 0 Å². The number of unbranched alkanes of at least 4 members (excludes halogenated alkanes) is 8. The SMILES string of the molecule is CCCCN(CCCC)c1nc(N(CCCC)CCCC)nc(N(CCCCCCN(c2nc(CC)nc(N(CCCC)C3CC(C)(C)NC(C)(C)C3)n2)C2CC(C)(C)NC(C)(C)C2)C2CC(C)(C)NC(C)(C)C2)n1. The number of rotatable bonds is 31. The fraction of sp³-hybridized carbons (Fsp3) is 0.902. The van der Waals surface area contributed by atoms with Gasteiger partial charge in [-0.15, -0.1) is 0 Å². The fourth-order valence-electron chi connectivity index (χ4n) is 13.6. The van der Waals surface area contributed by atoms with E-state index >= 15 is 0 Å². The molecule has 5 heterocycles. The average Bonchev–Trinajstić information content (AvgIpc) is 3.29. The molecule has 75 heavy (non-hydrogen) atoms. The summed E-state index contributed by atoms with van der Waals surface area (Å²) in [5.74, 6) is 5.23. The molecular formula is C61H116N14. The first-order valence-electron chi connectivity index (χ1n) is 31.0. The van der Waals surface area contributed by atoms with Crippen molar-refractivity contribution in [2.24, 2.45) is 0 Å². The van der Waals surface area contributed by atoms with Gasteiger partial charge in [-0.1, -0.05) is 86.5 Å². The zero-order chi connectivity index (χ0) is 55.2. The Bertz CT molecular complexity index is 1890. The minimum atomic E-state index is -0.0203. The number of aryl methyl sites for hydroxylation is 1. The van der Waals surface area contributed by atoms with Crippen LogP contribution in [0.1, 0.15) is 259 Å². The molecule has 0 amide bonds. The van der Waals surface area contributed by atoms with E-state index in [1.54, 1.807) is 0 Å². The normalized spacial score (nSPS) is 20.2. The number of piperidine rings is 3. The molecule has 430 valence electrons. The molecule has 2 aromatic heterocycles. The molecule has 3 aliphatic rings. The maximum atomic E-state index is 5.58. The van der Waals surface area contributed by atoms with Gasteiger partial charge in [-0.3, -0.25) is 0 Å². The molecule has 0 aromatic carbocycles. The summed E-state index contributed by atoms with van der Waals surface area (Å²) in [5, 5.41) is 11.9. The van der Waals surface area contributed by atoms with Crippen molar-refractivity contribution in [2.45, 2.75) is 311 Å². The van der Waals surface area contributed by atoms with Gasteiger partial charge in [0.1, 0.15) is 5.82 Å². The van der Waals surface area contributed by atoms with Gasteiger partial charge in [0.15, 0.2) is 0 Å². The predicted molar refractivity (Wildman–Crippen MR) is 321 cm³/mol. The Morgan fingerprint density at radius 3 is 0.840 bits per heavy atom. The van der Waals surface area contributed by atoms with Crippen LogP contribution < -0.4 is 40.4 Å². The molecule has 3 N–H and O–H groups in total. The highest BCUT2D eigenvalue weighted by molar-refractivity contribution is 5.48. The van der Waals surface area contributed by atoms with Gasteiger partial charge in [-0.2, -0.15) is 29.9 Å². The Balaban J connectivity index is 1.48. The molecule has 0 radical (unpaired) electrons. The Labute approximate surface area is 460 Å². The Morgan fingerprint density at radius 2 is 0.560 bits per heavy atom. The summed E-state index contributed by atoms with van der Waals surface area (Å²) in [6.07, 6.45) is 22.8. The number of nitrogens with one attached hydrogen (secondary N) is 3. The Morgan fingerprint density at radius 1 is 0.320 bits per heavy atom. The molecule has 5 rings (SSSR count). The van der Waals surface area contributed by atoms with E-state index in [0.29, 0.717) is 18.1 Å². The van der Waals surface area contributed by atoms with Crippen molar-refractivity contribution in [1.29, 1.82) is 0 Å². The standard InChI is InChI=1S/C61H116N14/c1-19-25-34-71(35-26-20-2)51-64-52(72(36-27-21-3)37-28-22-4)66-55(65-51)75(49-45-60(15,16)70-61(17,18)46-49)40-33-31-30-32-39-74(48-43-58(11,12)69-59(13,14)44-48)54-63-50(24-6)62-53(67-54)73(38-29-23-5)47-41-56(7,8)68-57(9,10)42-47/h47-49,68-70H,19-46H2,1-18H3. The lowest BCUT2D eigenvalue weighted by Crippen LogP contribution is -2.63. The number of nitrogens with zero attached hydrogens (tertiary/aromatic N) is 11. The van der Waals surface area contributed by atoms with Crippen LogP contribution in [0.25, 0.3) is 0 Å². The van der Waals surface area contributed by atoms with E-state index in [9.17, 15) is 0 Å². The number of hydrogen-bond donors (Lipinski definition) is 3. The third-order valence-corrected chi connectivity index (χ3v) is 16.2. The molecule has 2 aromatic rings. The van der Waals surface area contributed by atoms with Gasteiger partial charge in [-0.25, -0.2) is 0 Å². The lowest BCUT2D eigenvalue weighted by molar-refractivity contribution is 0.156. The number of hydrogen-bond acceptors (Lipinski definition) is 14. The lowest BCUT2D eigenvalue weighted by atomic mass is 9.79. The zero-order valence-corrected chi connectivity index (χ0v) is 52.0. The molecule has 0 spiro atoms. The molecule has 0 atom stereocenters. The van der Waals surface area contributed by atoms with Crippen molar-refractivity contribution in [3.63, 3.8) is 0 Å². The maximum absolute atomic E-state index is 5.58. The summed E-state index contributed by atoms with van der Waals surface area (Å²) < 4.78 is 0. The molecule has 0 saturated carbocycles. The highest BCUT2D eigenvalue weighted by Crippen LogP contribution is 2.38. The monoisotopic (exact) mass is 1040 g/mol. The summed E-state index contributed by atoms with van der Waals surface area (Å²) in [7, 11) is 0. The third kappa shape index (κ3) is 19.3. The summed E-state index contributed by atoms with van der Waals surface area (Å²) in [6.45, 7) is 48.8. The predicted octanol–water partition coefficient (Wildman–Crippen LogP) is 12.8. The first kappa shape index (κ1) is 62.7. The highest BCUT2D eigenvalue weighted by atomic mass is 15.4. The van der Waals surface area contributed by atoms with Gasteiger partial charge in [0.25, 0.3) is 0 Å². The van der Waals surface area contributed by atoms with E-state index in [2.05, 4.69) is 165 Å². The summed E-state index contributed by atoms with van der Waals surface area (Å²) in [4.78, 5) is 45.4. The molecule has 0 bridgehead atoms. The average molecular weight is 1050 g/mol. The van der Waals surface area contributed by atoms with Crippen LogP contribution in [0.3, 0.4) is 0 Å². The number of anilines is 5. The van der Waals surface area contributed by atoms with Crippen LogP contribution >= 0.6 is 0 Å². The van der Waals surface area contributed by atoms with E-state index in [1.165, 1.54) is 0 Å². The van der Waals surface area contributed by atoms with E-state index in [-0.39, 0.29) is 33.2 Å². The van der Waals surface area contributed by atoms with E-state index in [0.717, 1.165) is 216 Å². The molecule has 0 unspecified atom stereocenters. The van der Waals surface area contributed by atoms with Crippen molar-refractivity contribution in [3.8, 4) is 0 Å². The summed E-state index contributed by atoms with van der Waals surface area (Å²) in [6, 6.07) is 0.938. The summed E-state index contributed by atoms with van der Waals surface area (Å²) >= 11 is 0. The van der Waals surface area contributed by atoms with Crippen LogP contribution in [0, 0.1) is 0 Å². The fourth-order valence-corrected chi connectivity index (χ4v) is 13.6. The van der Waals surface area contributed by atoms with Gasteiger partial charge in [0.05, 0.1) is 0 Å². The van der Waals surface area contributed by atoms with Crippen LogP contribution in [-0.2, 0) is 6.42 Å². The number of aromatic nitrogens is 6. The quantitative estimate of drug-likeness (QED) is 0.0620. The smallest absolute Gasteiger partial charge is 0.232 e. The first-order valence-corrected chi connectivity index (χ1v) is 31.0. The summed E-state index contributed by atoms with van der Waals surface area (Å²) in [5.41, 5.74) is -0.0473. The second-order valence-electron chi connectivity index (χ2n) is 27.5. The van der Waals surface area contributed by atoms with Gasteiger partial charge in [0, 0.05) is 104 Å². The molecule has 3 saturated heterocycles. The Hall–Kier alpha value is -3.10. The van der Waals surface area contributed by atoms with E-state index < -0.39 is 0 Å². The van der Waals surface area contributed by atoms with E-state index in [4.69, 9.17) is 29.9 Å². The van der Waals surface area contributed by atoms with Gasteiger partial charge in [0.2, 0.25) is 29.7 Å². The largest absolute Gasteiger partial charge is 0.341 e. The second kappa shape index (κ2) is 27.7. The maximum Gasteiger partial charge on any atom is 0.232 e. The second-order valence-corrected chi connectivity index (χ2v) is 27.5. The zero-order valence-electron chi connectivity index (χ0n) is 52.0. The topological polar surface area (TPSA) is 130 Å². The molecular weight excluding hydrogens is 929 g/mol. The Kier molecular flexibility index (Phi) is 23.1. The third-order valence-electron chi connectivity index (χ3n) is 16.2. The minimum Gasteiger partial charge on any atom is -0.341 e. The van der Waals surface area contributed by atoms with Gasteiger partial charge < -0.3 is 40.4 Å². The van der Waals surface area contributed by atoms with Crippen molar-refractivity contribution in [2.75, 3.05) is 70.3 Å². The van der Waals surface area contributed by atoms with Crippen LogP contribution in [-0.4, -0.2) is 127 Å². The minimum absolute atomic E-state index is 0.0149. The molecule has 14 heteroatoms. The highest BCUT2D eigenvalue weighted by Gasteiger charge is 2.44. The van der Waals surface area contributed by atoms with Crippen LogP contribution in [0.4, 0.5) is 29.7 Å². The molecule has 3 aliphatic heterocycles. The molecule has 3 fully saturated rings. The van der Waals surface area contributed by atoms with Crippen molar-refractivity contribution >= 4 is 29.7 Å². The van der Waals surface area contributed by atoms with Crippen LogP contribution in [0.5, 0.6) is 0 Å². The molecule has 14 nitrogen and oxygen atoms in total. The van der Waals surface area contributed by atoms with E-state index in [1.807, 2.05) is 0 Å². The lowest BCUT2D eigenvalue weighted by Gasteiger charge is -2.50. The van der Waals surface area contributed by atoms with Crippen molar-refractivity contribution in [1.82, 2.24) is 45.9 Å². The van der Waals surface area contributed by atoms with Gasteiger partial charge >= 0.3 is 0 Å². The van der Waals surface area contributed by atoms with Crippen LogP contribution in [0.15, 0.2) is 0 Å². The first-order chi connectivity index (χ1) is 35.3. The van der Waals surface area contributed by atoms with Gasteiger partial charge in [-0.05, 0) is 167 Å².